The van der Waals surface area contributed by atoms with Gasteiger partial charge in [-0.25, -0.2) is 0 Å². The minimum atomic E-state index is -0.488. The molecule has 4 unspecified atom stereocenters. The van der Waals surface area contributed by atoms with Crippen LogP contribution in [0.1, 0.15) is 66.7 Å². The molecule has 0 aromatic rings. The SMILES string of the molecule is CC(C)COC1CC(NCC2(O)CCCC(C)C2)C1(C)C. The molecule has 21 heavy (non-hydrogen) atoms. The quantitative estimate of drug-likeness (QED) is 0.790. The first kappa shape index (κ1) is 17.2. The largest absolute Gasteiger partial charge is 0.389 e. The average molecular weight is 297 g/mol. The Bertz CT molecular complexity index is 342. The van der Waals surface area contributed by atoms with E-state index in [0.29, 0.717) is 24.0 Å². The van der Waals surface area contributed by atoms with E-state index in [4.69, 9.17) is 4.74 Å². The molecule has 2 fully saturated rings. The average Bonchev–Trinajstić information content (AvgIpc) is 2.36. The van der Waals surface area contributed by atoms with E-state index in [9.17, 15) is 5.11 Å². The van der Waals surface area contributed by atoms with Gasteiger partial charge in [-0.2, -0.15) is 0 Å². The van der Waals surface area contributed by atoms with Crippen molar-refractivity contribution < 1.29 is 9.84 Å². The van der Waals surface area contributed by atoms with Crippen LogP contribution in [0, 0.1) is 17.3 Å². The number of hydrogen-bond donors (Lipinski definition) is 2. The highest BCUT2D eigenvalue weighted by Crippen LogP contribution is 2.43. The molecular weight excluding hydrogens is 262 g/mol. The lowest BCUT2D eigenvalue weighted by Crippen LogP contribution is -2.63. The number of nitrogens with one attached hydrogen (secondary N) is 1. The summed E-state index contributed by atoms with van der Waals surface area (Å²) in [5.41, 5.74) is -0.316. The van der Waals surface area contributed by atoms with Crippen molar-refractivity contribution in [3.63, 3.8) is 0 Å². The van der Waals surface area contributed by atoms with Crippen LogP contribution in [0.5, 0.6) is 0 Å². The van der Waals surface area contributed by atoms with E-state index in [-0.39, 0.29) is 5.41 Å². The standard InChI is InChI=1S/C18H35NO2/c1-13(2)11-21-16-9-15(17(16,4)5)19-12-18(20)8-6-7-14(3)10-18/h13-16,19-20H,6-12H2,1-5H3. The smallest absolute Gasteiger partial charge is 0.0774 e. The summed E-state index contributed by atoms with van der Waals surface area (Å²) in [5.74, 6) is 1.25. The molecule has 124 valence electrons. The second-order valence-electron chi connectivity index (χ2n) is 8.63. The van der Waals surface area contributed by atoms with Gasteiger partial charge in [0.15, 0.2) is 0 Å². The second kappa shape index (κ2) is 6.55. The lowest BCUT2D eigenvalue weighted by atomic mass is 9.64. The fourth-order valence-electron chi connectivity index (χ4n) is 3.93. The fraction of sp³-hybridized carbons (Fsp3) is 1.00. The Kier molecular flexibility index (Phi) is 5.38. The van der Waals surface area contributed by atoms with Gasteiger partial charge < -0.3 is 15.2 Å². The van der Waals surface area contributed by atoms with Crippen molar-refractivity contribution >= 4 is 0 Å². The maximum absolute atomic E-state index is 10.7. The monoisotopic (exact) mass is 297 g/mol. The summed E-state index contributed by atoms with van der Waals surface area (Å²) in [5, 5.41) is 14.4. The summed E-state index contributed by atoms with van der Waals surface area (Å²) < 4.78 is 6.02. The van der Waals surface area contributed by atoms with E-state index < -0.39 is 5.60 Å². The third-order valence-electron chi connectivity index (χ3n) is 5.55. The highest BCUT2D eigenvalue weighted by molar-refractivity contribution is 5.04. The summed E-state index contributed by atoms with van der Waals surface area (Å²) >= 11 is 0. The van der Waals surface area contributed by atoms with Crippen molar-refractivity contribution in [3.8, 4) is 0 Å². The zero-order chi connectivity index (χ0) is 15.7. The first-order valence-electron chi connectivity index (χ1n) is 8.80. The maximum atomic E-state index is 10.7. The normalized spacial score (nSPS) is 39.3. The van der Waals surface area contributed by atoms with E-state index in [1.54, 1.807) is 0 Å². The molecule has 2 aliphatic carbocycles. The molecule has 2 saturated carbocycles. The van der Waals surface area contributed by atoms with Gasteiger partial charge in [0.2, 0.25) is 0 Å². The van der Waals surface area contributed by atoms with Gasteiger partial charge >= 0.3 is 0 Å². The predicted octanol–water partition coefficient (Wildman–Crippen LogP) is 3.36. The molecule has 0 saturated heterocycles. The molecule has 0 amide bonds. The summed E-state index contributed by atoms with van der Waals surface area (Å²) in [6.07, 6.45) is 5.75. The predicted molar refractivity (Wildman–Crippen MR) is 87.3 cm³/mol. The Balaban J connectivity index is 1.77. The number of hydrogen-bond acceptors (Lipinski definition) is 3. The Morgan fingerprint density at radius 3 is 2.62 bits per heavy atom. The molecule has 0 radical (unpaired) electrons. The Morgan fingerprint density at radius 2 is 2.05 bits per heavy atom. The minimum Gasteiger partial charge on any atom is -0.389 e. The van der Waals surface area contributed by atoms with Crippen molar-refractivity contribution in [2.45, 2.75) is 84.5 Å². The van der Waals surface area contributed by atoms with Gasteiger partial charge in [0.05, 0.1) is 11.7 Å². The fourth-order valence-corrected chi connectivity index (χ4v) is 3.93. The van der Waals surface area contributed by atoms with Crippen LogP contribution in [0.3, 0.4) is 0 Å². The van der Waals surface area contributed by atoms with E-state index in [2.05, 4.69) is 39.9 Å². The van der Waals surface area contributed by atoms with Crippen molar-refractivity contribution in [1.29, 1.82) is 0 Å². The van der Waals surface area contributed by atoms with Crippen molar-refractivity contribution in [3.05, 3.63) is 0 Å². The Labute approximate surface area is 130 Å². The highest BCUT2D eigenvalue weighted by atomic mass is 16.5. The minimum absolute atomic E-state index is 0.172. The van der Waals surface area contributed by atoms with Gasteiger partial charge in [0.1, 0.15) is 0 Å². The molecule has 0 bridgehead atoms. The third-order valence-corrected chi connectivity index (χ3v) is 5.55. The van der Waals surface area contributed by atoms with Gasteiger partial charge in [0.25, 0.3) is 0 Å². The topological polar surface area (TPSA) is 41.5 Å². The molecule has 2 N–H and O–H groups in total. The molecule has 2 aliphatic rings. The van der Waals surface area contributed by atoms with Crippen LogP contribution in [0.2, 0.25) is 0 Å². The maximum Gasteiger partial charge on any atom is 0.0774 e. The van der Waals surface area contributed by atoms with Gasteiger partial charge in [0, 0.05) is 24.6 Å². The van der Waals surface area contributed by atoms with E-state index in [0.717, 1.165) is 38.8 Å². The van der Waals surface area contributed by atoms with Crippen molar-refractivity contribution in [2.24, 2.45) is 17.3 Å². The van der Waals surface area contributed by atoms with Crippen molar-refractivity contribution in [1.82, 2.24) is 5.32 Å². The van der Waals surface area contributed by atoms with Crippen LogP contribution in [0.15, 0.2) is 0 Å². The van der Waals surface area contributed by atoms with Crippen LogP contribution in [-0.2, 0) is 4.74 Å². The first-order chi connectivity index (χ1) is 9.73. The number of rotatable bonds is 6. The molecular formula is C18H35NO2. The van der Waals surface area contributed by atoms with Gasteiger partial charge in [-0.15, -0.1) is 0 Å². The van der Waals surface area contributed by atoms with E-state index >= 15 is 0 Å². The molecule has 0 heterocycles. The molecule has 0 spiro atoms. The van der Waals surface area contributed by atoms with Crippen LogP contribution in [0.25, 0.3) is 0 Å². The van der Waals surface area contributed by atoms with E-state index in [1.165, 1.54) is 6.42 Å². The molecule has 4 atom stereocenters. The Morgan fingerprint density at radius 1 is 1.33 bits per heavy atom. The third kappa shape index (κ3) is 4.20. The van der Waals surface area contributed by atoms with Crippen molar-refractivity contribution in [2.75, 3.05) is 13.2 Å². The molecule has 3 heteroatoms. The highest BCUT2D eigenvalue weighted by Gasteiger charge is 2.49. The summed E-state index contributed by atoms with van der Waals surface area (Å²) in [7, 11) is 0. The summed E-state index contributed by atoms with van der Waals surface area (Å²) in [4.78, 5) is 0. The second-order valence-corrected chi connectivity index (χ2v) is 8.63. The van der Waals surface area contributed by atoms with E-state index in [1.807, 2.05) is 0 Å². The number of aliphatic hydroxyl groups is 1. The zero-order valence-corrected chi connectivity index (χ0v) is 14.6. The zero-order valence-electron chi connectivity index (χ0n) is 14.6. The number of ether oxygens (including phenoxy) is 1. The first-order valence-corrected chi connectivity index (χ1v) is 8.80. The van der Waals surface area contributed by atoms with Gasteiger partial charge in [-0.05, 0) is 31.1 Å². The van der Waals surface area contributed by atoms with Crippen LogP contribution in [0.4, 0.5) is 0 Å². The molecule has 2 rings (SSSR count). The Hall–Kier alpha value is -0.120. The van der Waals surface area contributed by atoms with Crippen LogP contribution >= 0.6 is 0 Å². The molecule has 3 nitrogen and oxygen atoms in total. The molecule has 0 aromatic heterocycles. The van der Waals surface area contributed by atoms with Gasteiger partial charge in [-0.3, -0.25) is 0 Å². The summed E-state index contributed by atoms with van der Waals surface area (Å²) in [6, 6.07) is 0.468. The van der Waals surface area contributed by atoms with Crippen LogP contribution < -0.4 is 5.32 Å². The lowest BCUT2D eigenvalue weighted by Gasteiger charge is -2.53. The molecule has 0 aliphatic heterocycles. The van der Waals surface area contributed by atoms with Gasteiger partial charge in [-0.1, -0.05) is 47.5 Å². The lowest BCUT2D eigenvalue weighted by molar-refractivity contribution is -0.128. The van der Waals surface area contributed by atoms with Crippen LogP contribution in [-0.4, -0.2) is 36.0 Å². The molecule has 0 aromatic carbocycles. The summed E-state index contributed by atoms with van der Waals surface area (Å²) in [6.45, 7) is 12.8.